The van der Waals surface area contributed by atoms with E-state index in [9.17, 15) is 14.4 Å². The van der Waals surface area contributed by atoms with Gasteiger partial charge in [-0.15, -0.1) is 0 Å². The van der Waals surface area contributed by atoms with Crippen LogP contribution < -0.4 is 16.0 Å². The molecule has 1 aromatic rings. The second-order valence-corrected chi connectivity index (χ2v) is 5.63. The van der Waals surface area contributed by atoms with Crippen molar-refractivity contribution in [2.45, 2.75) is 13.8 Å². The molecule has 0 radical (unpaired) electrons. The van der Waals surface area contributed by atoms with Gasteiger partial charge >= 0.3 is 0 Å². The molecule has 124 valence electrons. The summed E-state index contributed by atoms with van der Waals surface area (Å²) in [5.41, 5.74) is 2.85. The van der Waals surface area contributed by atoms with Gasteiger partial charge in [0, 0.05) is 18.8 Å². The smallest absolute Gasteiger partial charge is 0.243 e. The molecule has 3 amide bonds. The molecule has 0 atom stereocenters. The molecule has 1 aliphatic rings. The average molecular weight is 318 g/mol. The second-order valence-electron chi connectivity index (χ2n) is 5.63. The lowest BCUT2D eigenvalue weighted by atomic mass is 10.1. The molecule has 7 nitrogen and oxygen atoms in total. The normalized spacial score (nSPS) is 15.0. The van der Waals surface area contributed by atoms with E-state index in [2.05, 4.69) is 16.0 Å². The minimum absolute atomic E-state index is 0.0864. The first-order valence-corrected chi connectivity index (χ1v) is 7.57. The van der Waals surface area contributed by atoms with Crippen molar-refractivity contribution >= 4 is 23.4 Å². The maximum absolute atomic E-state index is 11.9. The fraction of sp³-hybridized carbons (Fsp3) is 0.438. The summed E-state index contributed by atoms with van der Waals surface area (Å²) in [6, 6.07) is 5.67. The van der Waals surface area contributed by atoms with E-state index in [1.165, 1.54) is 0 Å². The number of anilines is 1. The predicted octanol–water partition coefficient (Wildman–Crippen LogP) is -0.210. The van der Waals surface area contributed by atoms with Crippen LogP contribution in [0.1, 0.15) is 11.1 Å². The van der Waals surface area contributed by atoms with E-state index in [0.29, 0.717) is 13.1 Å². The van der Waals surface area contributed by atoms with E-state index in [4.69, 9.17) is 0 Å². The SMILES string of the molecule is Cc1cccc(NC(=O)CNC(=O)CN2CCNC(=O)C2)c1C. The summed E-state index contributed by atoms with van der Waals surface area (Å²) < 4.78 is 0. The molecule has 1 aliphatic heterocycles. The quantitative estimate of drug-likeness (QED) is 0.701. The molecule has 7 heteroatoms. The number of nitrogens with one attached hydrogen (secondary N) is 3. The highest BCUT2D eigenvalue weighted by Gasteiger charge is 2.18. The molecule has 0 bridgehead atoms. The Bertz CT molecular complexity index is 615. The van der Waals surface area contributed by atoms with Gasteiger partial charge in [-0.1, -0.05) is 12.1 Å². The highest BCUT2D eigenvalue weighted by Crippen LogP contribution is 2.17. The van der Waals surface area contributed by atoms with Crippen LogP contribution in [0.5, 0.6) is 0 Å². The molecule has 2 rings (SSSR count). The molecule has 0 aromatic heterocycles. The van der Waals surface area contributed by atoms with Crippen molar-refractivity contribution in [3.05, 3.63) is 29.3 Å². The topological polar surface area (TPSA) is 90.5 Å². The summed E-state index contributed by atoms with van der Waals surface area (Å²) in [6.07, 6.45) is 0. The Balaban J connectivity index is 1.76. The van der Waals surface area contributed by atoms with Crippen LogP contribution in [0.2, 0.25) is 0 Å². The van der Waals surface area contributed by atoms with E-state index >= 15 is 0 Å². The predicted molar refractivity (Wildman–Crippen MR) is 87.0 cm³/mol. The molecule has 1 fully saturated rings. The standard InChI is InChI=1S/C16H22N4O3/c1-11-4-3-5-13(12(11)2)19-14(21)8-18-16(23)10-20-7-6-17-15(22)9-20/h3-5H,6-10H2,1-2H3,(H,17,22)(H,18,23)(H,19,21). The van der Waals surface area contributed by atoms with Gasteiger partial charge in [-0.25, -0.2) is 0 Å². The first kappa shape index (κ1) is 17.0. The summed E-state index contributed by atoms with van der Waals surface area (Å²) in [6.45, 7) is 5.32. The molecule has 0 spiro atoms. The lowest BCUT2D eigenvalue weighted by molar-refractivity contribution is -0.128. The summed E-state index contributed by atoms with van der Waals surface area (Å²) >= 11 is 0. The molecular weight excluding hydrogens is 296 g/mol. The van der Waals surface area contributed by atoms with Crippen molar-refractivity contribution in [1.82, 2.24) is 15.5 Å². The highest BCUT2D eigenvalue weighted by atomic mass is 16.2. The molecule has 0 saturated carbocycles. The Kier molecular flexibility index (Phi) is 5.70. The number of piperazine rings is 1. The zero-order valence-electron chi connectivity index (χ0n) is 13.4. The van der Waals surface area contributed by atoms with Crippen LogP contribution in [0.4, 0.5) is 5.69 Å². The molecule has 1 aromatic carbocycles. The van der Waals surface area contributed by atoms with E-state index < -0.39 is 0 Å². The van der Waals surface area contributed by atoms with Crippen molar-refractivity contribution in [2.24, 2.45) is 0 Å². The molecule has 0 unspecified atom stereocenters. The van der Waals surface area contributed by atoms with Gasteiger partial charge in [-0.3, -0.25) is 19.3 Å². The lowest BCUT2D eigenvalue weighted by Crippen LogP contribution is -2.51. The van der Waals surface area contributed by atoms with Gasteiger partial charge in [0.05, 0.1) is 19.6 Å². The summed E-state index contributed by atoms with van der Waals surface area (Å²) in [5.74, 6) is -0.629. The van der Waals surface area contributed by atoms with E-state index in [1.807, 2.05) is 32.0 Å². The number of carbonyl (C=O) groups excluding carboxylic acids is 3. The van der Waals surface area contributed by atoms with E-state index in [-0.39, 0.29) is 37.4 Å². The van der Waals surface area contributed by atoms with Crippen LogP contribution in [-0.2, 0) is 14.4 Å². The average Bonchev–Trinajstić information content (AvgIpc) is 2.50. The summed E-state index contributed by atoms with van der Waals surface area (Å²) in [7, 11) is 0. The number of nitrogens with zero attached hydrogens (tertiary/aromatic N) is 1. The molecule has 3 N–H and O–H groups in total. The van der Waals surface area contributed by atoms with E-state index in [1.54, 1.807) is 4.90 Å². The number of hydrogen-bond acceptors (Lipinski definition) is 4. The Labute approximate surface area is 135 Å². The molecule has 1 saturated heterocycles. The lowest BCUT2D eigenvalue weighted by Gasteiger charge is -2.25. The van der Waals surface area contributed by atoms with Gasteiger partial charge in [0.25, 0.3) is 0 Å². The zero-order chi connectivity index (χ0) is 16.8. The van der Waals surface area contributed by atoms with E-state index in [0.717, 1.165) is 16.8 Å². The number of amides is 3. The van der Waals surface area contributed by atoms with Crippen LogP contribution in [-0.4, -0.2) is 55.3 Å². The molecule has 0 aliphatic carbocycles. The minimum Gasteiger partial charge on any atom is -0.354 e. The van der Waals surface area contributed by atoms with Gasteiger partial charge in [0.1, 0.15) is 0 Å². The Morgan fingerprint density at radius 2 is 2.04 bits per heavy atom. The highest BCUT2D eigenvalue weighted by molar-refractivity contribution is 5.95. The van der Waals surface area contributed by atoms with Crippen LogP contribution in [0.25, 0.3) is 0 Å². The van der Waals surface area contributed by atoms with Gasteiger partial charge in [-0.05, 0) is 31.0 Å². The third kappa shape index (κ3) is 5.07. The number of hydrogen-bond donors (Lipinski definition) is 3. The number of aryl methyl sites for hydroxylation is 1. The Morgan fingerprint density at radius 3 is 2.78 bits per heavy atom. The van der Waals surface area contributed by atoms with Crippen molar-refractivity contribution < 1.29 is 14.4 Å². The summed E-state index contributed by atoms with van der Waals surface area (Å²) in [5, 5.41) is 8.06. The maximum Gasteiger partial charge on any atom is 0.243 e. The van der Waals surface area contributed by atoms with Crippen molar-refractivity contribution in [3.63, 3.8) is 0 Å². The Hall–Kier alpha value is -2.41. The van der Waals surface area contributed by atoms with Crippen molar-refractivity contribution in [1.29, 1.82) is 0 Å². The van der Waals surface area contributed by atoms with Crippen LogP contribution in [0, 0.1) is 13.8 Å². The molecule has 1 heterocycles. The number of benzene rings is 1. The Morgan fingerprint density at radius 1 is 1.26 bits per heavy atom. The first-order valence-electron chi connectivity index (χ1n) is 7.57. The van der Waals surface area contributed by atoms with Crippen LogP contribution in [0.15, 0.2) is 18.2 Å². The fourth-order valence-electron chi connectivity index (χ4n) is 2.35. The number of carbonyl (C=O) groups is 3. The largest absolute Gasteiger partial charge is 0.354 e. The summed E-state index contributed by atoms with van der Waals surface area (Å²) in [4.78, 5) is 36.7. The molecule has 23 heavy (non-hydrogen) atoms. The zero-order valence-corrected chi connectivity index (χ0v) is 13.4. The van der Waals surface area contributed by atoms with Gasteiger partial charge < -0.3 is 16.0 Å². The van der Waals surface area contributed by atoms with Gasteiger partial charge in [0.15, 0.2) is 0 Å². The fourth-order valence-corrected chi connectivity index (χ4v) is 2.35. The molecular formula is C16H22N4O3. The maximum atomic E-state index is 11.9. The minimum atomic E-state index is -0.275. The van der Waals surface area contributed by atoms with Gasteiger partial charge in [0.2, 0.25) is 17.7 Å². The number of rotatable bonds is 5. The second kappa shape index (κ2) is 7.73. The third-order valence-electron chi connectivity index (χ3n) is 3.81. The van der Waals surface area contributed by atoms with Crippen LogP contribution >= 0.6 is 0 Å². The van der Waals surface area contributed by atoms with Crippen molar-refractivity contribution in [3.8, 4) is 0 Å². The first-order chi connectivity index (χ1) is 11.0. The third-order valence-corrected chi connectivity index (χ3v) is 3.81. The van der Waals surface area contributed by atoms with Gasteiger partial charge in [-0.2, -0.15) is 0 Å². The van der Waals surface area contributed by atoms with Crippen molar-refractivity contribution in [2.75, 3.05) is 38.0 Å². The van der Waals surface area contributed by atoms with Crippen LogP contribution in [0.3, 0.4) is 0 Å². The monoisotopic (exact) mass is 318 g/mol.